The third-order valence-corrected chi connectivity index (χ3v) is 5.77. The molecule has 0 saturated carbocycles. The summed E-state index contributed by atoms with van der Waals surface area (Å²) in [7, 11) is 3.92. The number of carbonyl (C=O) groups is 2. The van der Waals surface area contributed by atoms with Crippen LogP contribution in [0.25, 0.3) is 0 Å². The van der Waals surface area contributed by atoms with Crippen LogP contribution >= 0.6 is 11.3 Å². The monoisotopic (exact) mass is 321 g/mol. The largest absolute Gasteiger partial charge is 0.340 e. The number of likely N-dealkylation sites (tertiary alicyclic amines) is 1. The second-order valence-corrected chi connectivity index (χ2v) is 7.22. The normalized spacial score (nSPS) is 27.3. The summed E-state index contributed by atoms with van der Waals surface area (Å²) in [6, 6.07) is 3.92. The fourth-order valence-corrected chi connectivity index (χ4v) is 4.34. The van der Waals surface area contributed by atoms with Crippen LogP contribution in [0.1, 0.15) is 23.8 Å². The van der Waals surface area contributed by atoms with E-state index in [2.05, 4.69) is 11.9 Å². The van der Waals surface area contributed by atoms with Gasteiger partial charge in [0.15, 0.2) is 0 Å². The molecule has 2 fully saturated rings. The quantitative estimate of drug-likeness (QED) is 0.828. The van der Waals surface area contributed by atoms with Gasteiger partial charge < -0.3 is 14.7 Å². The van der Waals surface area contributed by atoms with Crippen LogP contribution in [0.4, 0.5) is 0 Å². The molecule has 2 aliphatic rings. The number of hydrogen-bond donors (Lipinski definition) is 0. The highest BCUT2D eigenvalue weighted by atomic mass is 32.1. The van der Waals surface area contributed by atoms with Crippen molar-refractivity contribution in [3.05, 3.63) is 22.4 Å². The van der Waals surface area contributed by atoms with Crippen LogP contribution in [0.3, 0.4) is 0 Å². The molecular weight excluding hydrogens is 298 g/mol. The maximum absolute atomic E-state index is 13.0. The Bertz CT molecular complexity index is 538. The predicted molar refractivity (Wildman–Crippen MR) is 86.6 cm³/mol. The first-order chi connectivity index (χ1) is 10.6. The third kappa shape index (κ3) is 2.90. The molecule has 2 saturated heterocycles. The summed E-state index contributed by atoms with van der Waals surface area (Å²) in [5.41, 5.74) is 0. The Hall–Kier alpha value is -1.40. The summed E-state index contributed by atoms with van der Waals surface area (Å²) in [6.45, 7) is 3.44. The lowest BCUT2D eigenvalue weighted by molar-refractivity contribution is -0.147. The molecule has 2 amide bonds. The molecule has 5 nitrogen and oxygen atoms in total. The number of piperidine rings is 1. The number of carbonyl (C=O) groups excluding carboxylic acids is 2. The van der Waals surface area contributed by atoms with Gasteiger partial charge in [0.05, 0.1) is 12.0 Å². The minimum atomic E-state index is -0.107. The van der Waals surface area contributed by atoms with Crippen LogP contribution in [0.5, 0.6) is 0 Å². The zero-order chi connectivity index (χ0) is 15.7. The molecule has 6 heteroatoms. The van der Waals surface area contributed by atoms with Crippen molar-refractivity contribution in [2.45, 2.75) is 18.9 Å². The first-order valence-electron chi connectivity index (χ1n) is 7.84. The molecule has 0 aliphatic carbocycles. The van der Waals surface area contributed by atoms with Crippen molar-refractivity contribution in [2.75, 3.05) is 40.3 Å². The topological polar surface area (TPSA) is 43.9 Å². The zero-order valence-electron chi connectivity index (χ0n) is 13.2. The summed E-state index contributed by atoms with van der Waals surface area (Å²) < 4.78 is 0. The molecule has 1 aromatic rings. The van der Waals surface area contributed by atoms with Crippen molar-refractivity contribution in [1.82, 2.24) is 14.7 Å². The first-order valence-corrected chi connectivity index (χ1v) is 8.72. The molecule has 2 aliphatic heterocycles. The molecule has 2 atom stereocenters. The molecule has 1 aromatic heterocycles. The Kier molecular flexibility index (Phi) is 4.49. The Labute approximate surface area is 135 Å². The van der Waals surface area contributed by atoms with E-state index >= 15 is 0 Å². The maximum atomic E-state index is 13.0. The fraction of sp³-hybridized carbons (Fsp3) is 0.625. The highest BCUT2D eigenvalue weighted by Crippen LogP contribution is 2.38. The van der Waals surface area contributed by atoms with Crippen LogP contribution in [-0.4, -0.2) is 66.8 Å². The molecular formula is C16H23N3O2S. The van der Waals surface area contributed by atoms with Gasteiger partial charge in [-0.3, -0.25) is 9.59 Å². The average molecular weight is 321 g/mol. The summed E-state index contributed by atoms with van der Waals surface area (Å²) in [5, 5.41) is 2.01. The van der Waals surface area contributed by atoms with Crippen molar-refractivity contribution < 1.29 is 9.59 Å². The SMILES string of the molecule is CN1CCN(C(=O)[C@@H]2CCC(=O)N(C)[C@H]2c2cccs2)CC1. The van der Waals surface area contributed by atoms with Gasteiger partial charge in [0.1, 0.15) is 0 Å². The number of nitrogens with zero attached hydrogens (tertiary/aromatic N) is 3. The van der Waals surface area contributed by atoms with Gasteiger partial charge in [0.2, 0.25) is 11.8 Å². The fourth-order valence-electron chi connectivity index (χ4n) is 3.41. The van der Waals surface area contributed by atoms with Crippen LogP contribution in [-0.2, 0) is 9.59 Å². The van der Waals surface area contributed by atoms with E-state index in [4.69, 9.17) is 0 Å². The molecule has 0 N–H and O–H groups in total. The number of likely N-dealkylation sites (N-methyl/N-ethyl adjacent to an activating group) is 1. The minimum Gasteiger partial charge on any atom is -0.340 e. The molecule has 22 heavy (non-hydrogen) atoms. The smallest absolute Gasteiger partial charge is 0.228 e. The van der Waals surface area contributed by atoms with Gasteiger partial charge in [-0.25, -0.2) is 0 Å². The van der Waals surface area contributed by atoms with Crippen molar-refractivity contribution in [3.8, 4) is 0 Å². The summed E-state index contributed by atoms with van der Waals surface area (Å²) in [4.78, 5) is 32.2. The number of amides is 2. The van der Waals surface area contributed by atoms with Crippen molar-refractivity contribution in [3.63, 3.8) is 0 Å². The molecule has 0 bridgehead atoms. The van der Waals surface area contributed by atoms with E-state index in [1.54, 1.807) is 16.2 Å². The Morgan fingerprint density at radius 3 is 2.59 bits per heavy atom. The summed E-state index contributed by atoms with van der Waals surface area (Å²) in [6.07, 6.45) is 1.14. The van der Waals surface area contributed by atoms with Crippen LogP contribution in [0.15, 0.2) is 17.5 Å². The second-order valence-electron chi connectivity index (χ2n) is 6.24. The van der Waals surface area contributed by atoms with Crippen molar-refractivity contribution >= 4 is 23.2 Å². The Morgan fingerprint density at radius 1 is 1.23 bits per heavy atom. The minimum absolute atomic E-state index is 0.103. The van der Waals surface area contributed by atoms with E-state index in [0.717, 1.165) is 31.1 Å². The lowest BCUT2D eigenvalue weighted by Gasteiger charge is -2.41. The average Bonchev–Trinajstić information content (AvgIpc) is 3.04. The van der Waals surface area contributed by atoms with Crippen LogP contribution in [0, 0.1) is 5.92 Å². The molecule has 120 valence electrons. The van der Waals surface area contributed by atoms with E-state index in [9.17, 15) is 9.59 Å². The van der Waals surface area contributed by atoms with Gasteiger partial charge in [0, 0.05) is 44.5 Å². The molecule has 3 heterocycles. The van der Waals surface area contributed by atoms with Gasteiger partial charge in [-0.05, 0) is 24.9 Å². The second kappa shape index (κ2) is 6.38. The molecule has 0 radical (unpaired) electrons. The van der Waals surface area contributed by atoms with Crippen molar-refractivity contribution in [1.29, 1.82) is 0 Å². The van der Waals surface area contributed by atoms with E-state index in [1.807, 2.05) is 29.5 Å². The van der Waals surface area contributed by atoms with Gasteiger partial charge in [-0.2, -0.15) is 0 Å². The van der Waals surface area contributed by atoms with Crippen LogP contribution < -0.4 is 0 Å². The van der Waals surface area contributed by atoms with E-state index in [0.29, 0.717) is 12.8 Å². The maximum Gasteiger partial charge on any atom is 0.228 e. The van der Waals surface area contributed by atoms with E-state index in [1.165, 1.54) is 0 Å². The highest BCUT2D eigenvalue weighted by Gasteiger charge is 2.41. The van der Waals surface area contributed by atoms with Gasteiger partial charge in [-0.1, -0.05) is 6.07 Å². The molecule has 0 unspecified atom stereocenters. The Balaban J connectivity index is 1.80. The molecule has 0 aromatic carbocycles. The lowest BCUT2D eigenvalue weighted by atomic mass is 9.86. The van der Waals surface area contributed by atoms with E-state index < -0.39 is 0 Å². The predicted octanol–water partition coefficient (Wildman–Crippen LogP) is 1.43. The lowest BCUT2D eigenvalue weighted by Crippen LogP contribution is -2.52. The van der Waals surface area contributed by atoms with Gasteiger partial charge in [-0.15, -0.1) is 11.3 Å². The van der Waals surface area contributed by atoms with Crippen LogP contribution in [0.2, 0.25) is 0 Å². The Morgan fingerprint density at radius 2 is 1.95 bits per heavy atom. The van der Waals surface area contributed by atoms with Gasteiger partial charge in [0.25, 0.3) is 0 Å². The number of hydrogen-bond acceptors (Lipinski definition) is 4. The summed E-state index contributed by atoms with van der Waals surface area (Å²) in [5.74, 6) is 0.247. The van der Waals surface area contributed by atoms with E-state index in [-0.39, 0.29) is 23.8 Å². The molecule has 0 spiro atoms. The number of rotatable bonds is 2. The third-order valence-electron chi connectivity index (χ3n) is 4.83. The highest BCUT2D eigenvalue weighted by molar-refractivity contribution is 7.10. The zero-order valence-corrected chi connectivity index (χ0v) is 14.0. The van der Waals surface area contributed by atoms with Gasteiger partial charge >= 0.3 is 0 Å². The number of thiophene rings is 1. The first kappa shape index (κ1) is 15.5. The molecule has 3 rings (SSSR count). The number of piperazine rings is 1. The van der Waals surface area contributed by atoms with Crippen molar-refractivity contribution in [2.24, 2.45) is 5.92 Å². The summed E-state index contributed by atoms with van der Waals surface area (Å²) >= 11 is 1.63. The standard InChI is InChI=1S/C16H23N3O2S/c1-17-7-9-19(10-8-17)16(21)12-5-6-14(20)18(2)15(12)13-4-3-11-22-13/h3-4,11-12,15H,5-10H2,1-2H3/t12-,15-/m1/s1.